The number of amides is 1. The zero-order chi connectivity index (χ0) is 19.9. The smallest absolute Gasteiger partial charge is 0.248 e. The molecule has 29 heavy (non-hydrogen) atoms. The summed E-state index contributed by atoms with van der Waals surface area (Å²) in [6.45, 7) is 4.87. The Balaban J connectivity index is 0.00000300. The highest BCUT2D eigenvalue weighted by atomic mass is 127. The van der Waals surface area contributed by atoms with Gasteiger partial charge in [-0.25, -0.2) is 0 Å². The Morgan fingerprint density at radius 1 is 1.21 bits per heavy atom. The number of halogens is 1. The first-order valence-electron chi connectivity index (χ1n) is 10.0. The Hall–Kier alpha value is -2.09. The molecule has 0 aromatic heterocycles. The predicted molar refractivity (Wildman–Crippen MR) is 130 cm³/mol. The summed E-state index contributed by atoms with van der Waals surface area (Å²) in [7, 11) is 1.83. The quantitative estimate of drug-likeness (QED) is 0.366. The van der Waals surface area contributed by atoms with Crippen LogP contribution in [0.4, 0.5) is 0 Å². The molecule has 0 radical (unpaired) electrons. The lowest BCUT2D eigenvalue weighted by atomic mass is 9.79. The van der Waals surface area contributed by atoms with Crippen LogP contribution in [0.2, 0.25) is 0 Å². The van der Waals surface area contributed by atoms with Crippen molar-refractivity contribution in [3.63, 3.8) is 0 Å². The molecule has 1 heterocycles. The summed E-state index contributed by atoms with van der Waals surface area (Å²) in [6, 6.07) is 18.3. The van der Waals surface area contributed by atoms with Crippen molar-refractivity contribution < 1.29 is 4.79 Å². The molecular weight excluding hydrogens is 475 g/mol. The minimum absolute atomic E-state index is 0. The number of nitrogens with one attached hydrogen (secondary N) is 1. The predicted octanol–water partition coefficient (Wildman–Crippen LogP) is 3.99. The standard InChI is InChI=1S/C23H30N4O.HI/c1-3-18-16-27(13-12-21(18)19-9-5-4-6-10-19)23(25-2)26-15-17-8-7-11-20(14-17)22(24)28;/h4-11,14,18,21H,3,12-13,15-16H2,1-2H3,(H2,24,28)(H,25,26);1H. The van der Waals surface area contributed by atoms with E-state index in [2.05, 4.69) is 52.5 Å². The maximum atomic E-state index is 11.4. The van der Waals surface area contributed by atoms with Crippen LogP contribution in [-0.2, 0) is 6.54 Å². The Labute approximate surface area is 190 Å². The molecule has 1 aliphatic heterocycles. The SMILES string of the molecule is CCC1CN(C(=NC)NCc2cccc(C(N)=O)c2)CCC1c1ccccc1.I. The summed E-state index contributed by atoms with van der Waals surface area (Å²) >= 11 is 0. The summed E-state index contributed by atoms with van der Waals surface area (Å²) in [4.78, 5) is 18.2. The number of rotatable bonds is 5. The van der Waals surface area contributed by atoms with E-state index in [0.29, 0.717) is 23.9 Å². The molecule has 0 bridgehead atoms. The van der Waals surface area contributed by atoms with Crippen molar-refractivity contribution in [2.75, 3.05) is 20.1 Å². The van der Waals surface area contributed by atoms with E-state index in [0.717, 1.165) is 37.5 Å². The first kappa shape index (κ1) is 23.2. The molecular formula is C23H31IN4O. The zero-order valence-electron chi connectivity index (χ0n) is 17.2. The molecule has 6 heteroatoms. The molecule has 0 spiro atoms. The molecule has 5 nitrogen and oxygen atoms in total. The lowest BCUT2D eigenvalue weighted by Gasteiger charge is -2.40. The highest BCUT2D eigenvalue weighted by Gasteiger charge is 2.30. The maximum absolute atomic E-state index is 11.4. The average Bonchev–Trinajstić information content (AvgIpc) is 2.74. The molecule has 0 saturated carbocycles. The normalized spacial score (nSPS) is 19.4. The fraction of sp³-hybridized carbons (Fsp3) is 0.391. The van der Waals surface area contributed by atoms with Crippen molar-refractivity contribution in [3.8, 4) is 0 Å². The number of piperidine rings is 1. The van der Waals surface area contributed by atoms with Gasteiger partial charge in [0.25, 0.3) is 0 Å². The summed E-state index contributed by atoms with van der Waals surface area (Å²) in [5, 5.41) is 3.44. The first-order chi connectivity index (χ1) is 13.6. The van der Waals surface area contributed by atoms with Gasteiger partial charge in [-0.05, 0) is 41.5 Å². The number of carbonyl (C=O) groups excluding carboxylic acids is 1. The fourth-order valence-electron chi connectivity index (χ4n) is 4.13. The average molecular weight is 506 g/mol. The largest absolute Gasteiger partial charge is 0.366 e. The third-order valence-electron chi connectivity index (χ3n) is 5.66. The monoisotopic (exact) mass is 506 g/mol. The topological polar surface area (TPSA) is 70.7 Å². The minimum atomic E-state index is -0.403. The molecule has 0 aliphatic carbocycles. The van der Waals surface area contributed by atoms with Crippen LogP contribution in [0.3, 0.4) is 0 Å². The second kappa shape index (κ2) is 11.2. The number of hydrogen-bond donors (Lipinski definition) is 2. The van der Waals surface area contributed by atoms with Gasteiger partial charge in [0.1, 0.15) is 0 Å². The number of primary amides is 1. The van der Waals surface area contributed by atoms with Gasteiger partial charge in [0.05, 0.1) is 0 Å². The number of benzene rings is 2. The van der Waals surface area contributed by atoms with Crippen LogP contribution in [0.25, 0.3) is 0 Å². The second-order valence-electron chi connectivity index (χ2n) is 7.39. The zero-order valence-corrected chi connectivity index (χ0v) is 19.5. The van der Waals surface area contributed by atoms with Gasteiger partial charge in [-0.2, -0.15) is 0 Å². The Bertz CT molecular complexity index is 825. The van der Waals surface area contributed by atoms with Crippen LogP contribution < -0.4 is 11.1 Å². The van der Waals surface area contributed by atoms with Crippen molar-refractivity contribution in [2.24, 2.45) is 16.6 Å². The van der Waals surface area contributed by atoms with Gasteiger partial charge in [0.2, 0.25) is 5.91 Å². The molecule has 3 rings (SSSR count). The Morgan fingerprint density at radius 2 is 1.97 bits per heavy atom. The van der Waals surface area contributed by atoms with Gasteiger partial charge in [0, 0.05) is 32.2 Å². The highest BCUT2D eigenvalue weighted by molar-refractivity contribution is 14.0. The van der Waals surface area contributed by atoms with Crippen LogP contribution in [0.15, 0.2) is 59.6 Å². The number of guanidine groups is 1. The van der Waals surface area contributed by atoms with E-state index >= 15 is 0 Å². The fourth-order valence-corrected chi connectivity index (χ4v) is 4.13. The molecule has 1 fully saturated rings. The molecule has 156 valence electrons. The lowest BCUT2D eigenvalue weighted by Crippen LogP contribution is -2.48. The number of hydrogen-bond acceptors (Lipinski definition) is 2. The summed E-state index contributed by atoms with van der Waals surface area (Å²) in [5.74, 6) is 1.72. The van der Waals surface area contributed by atoms with E-state index in [1.54, 1.807) is 6.07 Å². The number of nitrogens with two attached hydrogens (primary N) is 1. The van der Waals surface area contributed by atoms with Crippen LogP contribution >= 0.6 is 24.0 Å². The minimum Gasteiger partial charge on any atom is -0.366 e. The van der Waals surface area contributed by atoms with E-state index in [1.165, 1.54) is 5.56 Å². The molecule has 1 amide bonds. The van der Waals surface area contributed by atoms with Crippen molar-refractivity contribution in [1.29, 1.82) is 0 Å². The molecule has 2 unspecified atom stereocenters. The highest BCUT2D eigenvalue weighted by Crippen LogP contribution is 2.34. The van der Waals surface area contributed by atoms with Crippen LogP contribution in [0, 0.1) is 5.92 Å². The van der Waals surface area contributed by atoms with Gasteiger partial charge >= 0.3 is 0 Å². The van der Waals surface area contributed by atoms with Crippen molar-refractivity contribution in [2.45, 2.75) is 32.2 Å². The van der Waals surface area contributed by atoms with E-state index in [1.807, 2.05) is 25.2 Å². The van der Waals surface area contributed by atoms with Gasteiger partial charge in [0.15, 0.2) is 5.96 Å². The van der Waals surface area contributed by atoms with E-state index < -0.39 is 5.91 Å². The van der Waals surface area contributed by atoms with Gasteiger partial charge in [-0.3, -0.25) is 9.79 Å². The molecule has 2 atom stereocenters. The van der Waals surface area contributed by atoms with Crippen molar-refractivity contribution in [3.05, 3.63) is 71.3 Å². The molecule has 2 aromatic carbocycles. The lowest BCUT2D eigenvalue weighted by molar-refractivity contribution is 0.1000. The summed E-state index contributed by atoms with van der Waals surface area (Å²) in [5.41, 5.74) is 8.38. The molecule has 1 aliphatic rings. The number of aliphatic imine (C=N–C) groups is 1. The van der Waals surface area contributed by atoms with Crippen molar-refractivity contribution in [1.82, 2.24) is 10.2 Å². The summed E-state index contributed by atoms with van der Waals surface area (Å²) in [6.07, 6.45) is 2.27. The third-order valence-corrected chi connectivity index (χ3v) is 5.66. The first-order valence-corrected chi connectivity index (χ1v) is 10.0. The summed E-state index contributed by atoms with van der Waals surface area (Å²) < 4.78 is 0. The molecule has 1 saturated heterocycles. The molecule has 3 N–H and O–H groups in total. The van der Waals surface area contributed by atoms with Gasteiger partial charge in [-0.15, -0.1) is 24.0 Å². The second-order valence-corrected chi connectivity index (χ2v) is 7.39. The van der Waals surface area contributed by atoms with Crippen molar-refractivity contribution >= 4 is 35.8 Å². The molecule has 2 aromatic rings. The van der Waals surface area contributed by atoms with E-state index in [-0.39, 0.29) is 24.0 Å². The van der Waals surface area contributed by atoms with Crippen LogP contribution in [0.5, 0.6) is 0 Å². The number of likely N-dealkylation sites (tertiary alicyclic amines) is 1. The van der Waals surface area contributed by atoms with Crippen LogP contribution in [-0.4, -0.2) is 36.9 Å². The Kier molecular flexibility index (Phi) is 8.95. The third kappa shape index (κ3) is 5.95. The van der Waals surface area contributed by atoms with E-state index in [4.69, 9.17) is 5.73 Å². The number of nitrogens with zero attached hydrogens (tertiary/aromatic N) is 2. The maximum Gasteiger partial charge on any atom is 0.248 e. The van der Waals surface area contributed by atoms with Crippen LogP contribution in [0.1, 0.15) is 47.2 Å². The van der Waals surface area contributed by atoms with Gasteiger partial charge in [-0.1, -0.05) is 55.8 Å². The Morgan fingerprint density at radius 3 is 2.62 bits per heavy atom. The van der Waals surface area contributed by atoms with Gasteiger partial charge < -0.3 is 16.0 Å². The number of carbonyl (C=O) groups is 1. The van der Waals surface area contributed by atoms with E-state index in [9.17, 15) is 4.79 Å².